The molecule has 0 aliphatic carbocycles. The van der Waals surface area contributed by atoms with Gasteiger partial charge in [0.05, 0.1) is 16.3 Å². The van der Waals surface area contributed by atoms with Crippen LogP contribution in [0.5, 0.6) is 5.75 Å². The smallest absolute Gasteiger partial charge is 0.252 e. The SMILES string of the molecule is CCN(CC)CCNC(=O)c1c2c(cc3oc4ncccc4c(=O)c13)OC(C)(C)C=C2. The van der Waals surface area contributed by atoms with Gasteiger partial charge in [-0.3, -0.25) is 9.59 Å². The zero-order valence-electron chi connectivity index (χ0n) is 18.3. The zero-order valence-corrected chi connectivity index (χ0v) is 18.3. The van der Waals surface area contributed by atoms with Crippen LogP contribution in [-0.4, -0.2) is 47.6 Å². The lowest BCUT2D eigenvalue weighted by molar-refractivity contribution is 0.0948. The van der Waals surface area contributed by atoms with E-state index in [1.165, 1.54) is 0 Å². The first-order valence-corrected chi connectivity index (χ1v) is 10.6. The second-order valence-corrected chi connectivity index (χ2v) is 8.15. The summed E-state index contributed by atoms with van der Waals surface area (Å²) in [7, 11) is 0. The van der Waals surface area contributed by atoms with Gasteiger partial charge in [0.15, 0.2) is 0 Å². The fourth-order valence-corrected chi connectivity index (χ4v) is 3.88. The van der Waals surface area contributed by atoms with Crippen LogP contribution in [0, 0.1) is 0 Å². The average Bonchev–Trinajstić information content (AvgIpc) is 2.74. The van der Waals surface area contributed by atoms with E-state index in [1.807, 2.05) is 26.0 Å². The average molecular weight is 421 g/mol. The third kappa shape index (κ3) is 3.93. The van der Waals surface area contributed by atoms with Crippen molar-refractivity contribution in [2.24, 2.45) is 0 Å². The van der Waals surface area contributed by atoms with Crippen LogP contribution in [0.4, 0.5) is 0 Å². The molecule has 3 heterocycles. The van der Waals surface area contributed by atoms with E-state index in [-0.39, 0.29) is 33.6 Å². The summed E-state index contributed by atoms with van der Waals surface area (Å²) in [5.41, 5.74) is 0.570. The van der Waals surface area contributed by atoms with E-state index in [9.17, 15) is 9.59 Å². The van der Waals surface area contributed by atoms with Crippen LogP contribution in [0.2, 0.25) is 0 Å². The number of ether oxygens (including phenoxy) is 1. The van der Waals surface area contributed by atoms with Gasteiger partial charge in [-0.05, 0) is 45.1 Å². The van der Waals surface area contributed by atoms with Gasteiger partial charge in [-0.15, -0.1) is 0 Å². The second kappa shape index (κ2) is 8.15. The first-order valence-electron chi connectivity index (χ1n) is 10.6. The van der Waals surface area contributed by atoms with Crippen molar-refractivity contribution in [2.45, 2.75) is 33.3 Å². The third-order valence-corrected chi connectivity index (χ3v) is 5.60. The molecule has 7 heteroatoms. The molecule has 1 N–H and O–H groups in total. The van der Waals surface area contributed by atoms with Gasteiger partial charge in [0, 0.05) is 30.9 Å². The molecule has 31 heavy (non-hydrogen) atoms. The molecule has 0 bridgehead atoms. The highest BCUT2D eigenvalue weighted by atomic mass is 16.5. The molecule has 0 radical (unpaired) electrons. The van der Waals surface area contributed by atoms with Crippen molar-refractivity contribution < 1.29 is 13.9 Å². The van der Waals surface area contributed by atoms with Crippen LogP contribution in [0.1, 0.15) is 43.6 Å². The molecule has 0 unspecified atom stereocenters. The summed E-state index contributed by atoms with van der Waals surface area (Å²) in [5, 5.41) is 3.55. The molecule has 0 atom stereocenters. The van der Waals surface area contributed by atoms with Crippen LogP contribution >= 0.6 is 0 Å². The first-order chi connectivity index (χ1) is 14.8. The summed E-state index contributed by atoms with van der Waals surface area (Å²) in [5.74, 6) is 0.185. The number of likely N-dealkylation sites (N-methyl/N-ethyl adjacent to an activating group) is 1. The molecule has 2 aromatic heterocycles. The number of nitrogens with zero attached hydrogens (tertiary/aromatic N) is 2. The Kier molecular flexibility index (Phi) is 5.54. The maximum absolute atomic E-state index is 13.3. The fourth-order valence-electron chi connectivity index (χ4n) is 3.88. The van der Waals surface area contributed by atoms with E-state index in [0.29, 0.717) is 23.2 Å². The Morgan fingerprint density at radius 1 is 1.26 bits per heavy atom. The van der Waals surface area contributed by atoms with E-state index < -0.39 is 5.60 Å². The van der Waals surface area contributed by atoms with Crippen molar-refractivity contribution in [3.05, 3.63) is 51.8 Å². The monoisotopic (exact) mass is 421 g/mol. The van der Waals surface area contributed by atoms with Crippen LogP contribution in [-0.2, 0) is 0 Å². The van der Waals surface area contributed by atoms with E-state index in [1.54, 1.807) is 24.4 Å². The topological polar surface area (TPSA) is 84.7 Å². The number of fused-ring (bicyclic) bond motifs is 3. The quantitative estimate of drug-likeness (QED) is 0.612. The normalized spacial score (nSPS) is 14.6. The van der Waals surface area contributed by atoms with Gasteiger partial charge in [-0.2, -0.15) is 0 Å². The molecule has 7 nitrogen and oxygen atoms in total. The van der Waals surface area contributed by atoms with Gasteiger partial charge < -0.3 is 19.4 Å². The van der Waals surface area contributed by atoms with E-state index >= 15 is 0 Å². The third-order valence-electron chi connectivity index (χ3n) is 5.60. The van der Waals surface area contributed by atoms with Crippen LogP contribution in [0.15, 0.2) is 39.7 Å². The van der Waals surface area contributed by atoms with E-state index in [0.717, 1.165) is 19.6 Å². The molecule has 0 spiro atoms. The molecule has 1 amide bonds. The summed E-state index contributed by atoms with van der Waals surface area (Å²) in [6.45, 7) is 11.0. The summed E-state index contributed by atoms with van der Waals surface area (Å²) >= 11 is 0. The Bertz CT molecular complexity index is 1240. The van der Waals surface area contributed by atoms with Gasteiger partial charge in [0.2, 0.25) is 11.1 Å². The predicted octanol–water partition coefficient (Wildman–Crippen LogP) is 3.60. The standard InChI is InChI=1S/C24H27N3O4/c1-5-27(6-2)13-12-25-22(29)19-15-9-10-24(3,4)31-17(15)14-18-20(19)21(28)16-8-7-11-26-23(16)30-18/h7-11,14H,5-6,12-13H2,1-4H3,(H,25,29). The Morgan fingerprint density at radius 3 is 2.77 bits per heavy atom. The number of carbonyl (C=O) groups is 1. The maximum atomic E-state index is 13.3. The Hall–Kier alpha value is -3.19. The second-order valence-electron chi connectivity index (χ2n) is 8.15. The number of aromatic nitrogens is 1. The van der Waals surface area contributed by atoms with Crippen molar-refractivity contribution in [1.82, 2.24) is 15.2 Å². The minimum absolute atomic E-state index is 0.235. The van der Waals surface area contributed by atoms with Gasteiger partial charge in [0.1, 0.15) is 16.9 Å². The number of hydrogen-bond donors (Lipinski definition) is 1. The molecule has 0 fully saturated rings. The summed E-state index contributed by atoms with van der Waals surface area (Å²) in [6, 6.07) is 5.02. The Labute approximate surface area is 180 Å². The molecule has 1 aromatic carbocycles. The minimum Gasteiger partial charge on any atom is -0.483 e. The minimum atomic E-state index is -0.535. The van der Waals surface area contributed by atoms with Crippen molar-refractivity contribution in [3.8, 4) is 5.75 Å². The molecule has 4 rings (SSSR count). The predicted molar refractivity (Wildman–Crippen MR) is 122 cm³/mol. The number of benzene rings is 1. The van der Waals surface area contributed by atoms with Crippen LogP contribution < -0.4 is 15.5 Å². The van der Waals surface area contributed by atoms with Gasteiger partial charge in [0.25, 0.3) is 5.91 Å². The number of hydrogen-bond acceptors (Lipinski definition) is 6. The number of nitrogens with one attached hydrogen (secondary N) is 1. The maximum Gasteiger partial charge on any atom is 0.252 e. The summed E-state index contributed by atoms with van der Waals surface area (Å²) < 4.78 is 12.0. The molecular formula is C24H27N3O4. The lowest BCUT2D eigenvalue weighted by Gasteiger charge is -2.29. The highest BCUT2D eigenvalue weighted by Gasteiger charge is 2.29. The molecule has 3 aromatic rings. The van der Waals surface area contributed by atoms with Gasteiger partial charge in [-0.1, -0.05) is 19.9 Å². The highest BCUT2D eigenvalue weighted by Crippen LogP contribution is 2.37. The lowest BCUT2D eigenvalue weighted by atomic mass is 9.94. The number of pyridine rings is 1. The first kappa shape index (κ1) is 21.1. The van der Waals surface area contributed by atoms with E-state index in [4.69, 9.17) is 9.15 Å². The Balaban J connectivity index is 1.88. The molecule has 0 saturated carbocycles. The largest absolute Gasteiger partial charge is 0.483 e. The fraction of sp³-hybridized carbons (Fsp3) is 0.375. The molecule has 162 valence electrons. The number of carbonyl (C=O) groups excluding carboxylic acids is 1. The summed E-state index contributed by atoms with van der Waals surface area (Å²) in [4.78, 5) is 33.1. The molecule has 0 saturated heterocycles. The van der Waals surface area contributed by atoms with Gasteiger partial charge in [-0.25, -0.2) is 4.98 Å². The molecular weight excluding hydrogens is 394 g/mol. The lowest BCUT2D eigenvalue weighted by Crippen LogP contribution is -2.36. The number of amides is 1. The molecule has 1 aliphatic rings. The van der Waals surface area contributed by atoms with Gasteiger partial charge >= 0.3 is 0 Å². The zero-order chi connectivity index (χ0) is 22.2. The van der Waals surface area contributed by atoms with Crippen LogP contribution in [0.25, 0.3) is 28.1 Å². The van der Waals surface area contributed by atoms with Crippen molar-refractivity contribution in [3.63, 3.8) is 0 Å². The van der Waals surface area contributed by atoms with Crippen molar-refractivity contribution in [2.75, 3.05) is 26.2 Å². The number of rotatable bonds is 6. The van der Waals surface area contributed by atoms with Crippen molar-refractivity contribution >= 4 is 34.1 Å². The summed E-state index contributed by atoms with van der Waals surface area (Å²) in [6.07, 6.45) is 5.31. The highest BCUT2D eigenvalue weighted by molar-refractivity contribution is 6.11. The van der Waals surface area contributed by atoms with E-state index in [2.05, 4.69) is 29.0 Å². The van der Waals surface area contributed by atoms with Crippen LogP contribution in [0.3, 0.4) is 0 Å². The van der Waals surface area contributed by atoms with Crippen molar-refractivity contribution in [1.29, 1.82) is 0 Å². The Morgan fingerprint density at radius 2 is 2.03 bits per heavy atom. The molecule has 1 aliphatic heterocycles.